The topological polar surface area (TPSA) is 46.2 Å². The number of benzene rings is 4. The Morgan fingerprint density at radius 1 is 0.703 bits per heavy atom. The Labute approximate surface area is 224 Å². The highest BCUT2D eigenvalue weighted by molar-refractivity contribution is 6.35. The van der Waals surface area contributed by atoms with Crippen molar-refractivity contribution in [2.24, 2.45) is 0 Å². The van der Waals surface area contributed by atoms with Gasteiger partial charge in [0.2, 0.25) is 0 Å². The number of hydrogen-bond donors (Lipinski definition) is 1. The van der Waals surface area contributed by atoms with Gasteiger partial charge in [-0.05, 0) is 100 Å². The van der Waals surface area contributed by atoms with Gasteiger partial charge in [-0.25, -0.2) is 0 Å². The maximum atomic E-state index is 13.6. The highest BCUT2D eigenvalue weighted by Gasteiger charge is 2.21. The summed E-state index contributed by atoms with van der Waals surface area (Å²) < 4.78 is 0. The summed E-state index contributed by atoms with van der Waals surface area (Å²) >= 11 is 12.0. The standard InChI is InChI=1S/C32H23Cl2NO2/c33-22-16-21(17-23(34)18-22)32(37)35-24-11-8-20(9-12-24)31(36)30-7-3-6-26-28-13-10-19-4-1-2-5-25(19)27(28)14-15-29(26)30/h1-2,4-5,8-12,14-18H,3,6-7,13H2,(H,35,37). The highest BCUT2D eigenvalue weighted by atomic mass is 35.5. The van der Waals surface area contributed by atoms with Crippen LogP contribution in [0.2, 0.25) is 10.0 Å². The molecule has 0 radical (unpaired) electrons. The Morgan fingerprint density at radius 3 is 2.22 bits per heavy atom. The molecule has 4 aromatic rings. The first-order chi connectivity index (χ1) is 18.0. The van der Waals surface area contributed by atoms with Crippen molar-refractivity contribution in [3.05, 3.63) is 132 Å². The van der Waals surface area contributed by atoms with Crippen LogP contribution in [-0.4, -0.2) is 11.7 Å². The fourth-order valence-corrected chi connectivity index (χ4v) is 5.98. The third-order valence-corrected chi connectivity index (χ3v) is 7.63. The average molecular weight is 524 g/mol. The summed E-state index contributed by atoms with van der Waals surface area (Å²) in [5.74, 6) is -0.275. The fourth-order valence-electron chi connectivity index (χ4n) is 5.46. The van der Waals surface area contributed by atoms with Crippen molar-refractivity contribution in [3.63, 3.8) is 0 Å². The Balaban J connectivity index is 1.32. The second-order valence-electron chi connectivity index (χ2n) is 9.46. The van der Waals surface area contributed by atoms with Crippen molar-refractivity contribution >= 4 is 52.2 Å². The van der Waals surface area contributed by atoms with Gasteiger partial charge in [-0.15, -0.1) is 0 Å². The van der Waals surface area contributed by atoms with Crippen LogP contribution in [0.5, 0.6) is 0 Å². The molecule has 2 aliphatic rings. The third-order valence-electron chi connectivity index (χ3n) is 7.19. The highest BCUT2D eigenvalue weighted by Crippen LogP contribution is 2.25. The maximum Gasteiger partial charge on any atom is 0.255 e. The first-order valence-electron chi connectivity index (χ1n) is 12.3. The molecule has 4 aromatic carbocycles. The van der Waals surface area contributed by atoms with E-state index in [-0.39, 0.29) is 11.7 Å². The molecular formula is C32H23Cl2NO2. The van der Waals surface area contributed by atoms with Crippen LogP contribution < -0.4 is 15.8 Å². The lowest BCUT2D eigenvalue weighted by atomic mass is 9.84. The number of ketones is 1. The number of hydrogen-bond acceptors (Lipinski definition) is 2. The van der Waals surface area contributed by atoms with Gasteiger partial charge in [-0.1, -0.05) is 65.7 Å². The van der Waals surface area contributed by atoms with Crippen molar-refractivity contribution in [2.75, 3.05) is 5.32 Å². The molecule has 0 unspecified atom stereocenters. The van der Waals surface area contributed by atoms with E-state index in [0.717, 1.165) is 36.5 Å². The lowest BCUT2D eigenvalue weighted by molar-refractivity contribution is 0.102. The van der Waals surface area contributed by atoms with E-state index in [2.05, 4.69) is 47.8 Å². The number of rotatable bonds is 4. The summed E-state index contributed by atoms with van der Waals surface area (Å²) in [6.07, 6.45) is 5.90. The zero-order valence-corrected chi connectivity index (χ0v) is 21.5. The van der Waals surface area contributed by atoms with Crippen LogP contribution in [0.1, 0.15) is 44.7 Å². The molecule has 37 heavy (non-hydrogen) atoms. The molecule has 0 saturated carbocycles. The predicted octanol–water partition coefficient (Wildman–Crippen LogP) is 6.24. The molecule has 0 bridgehead atoms. The zero-order chi connectivity index (χ0) is 25.5. The molecular weight excluding hydrogens is 501 g/mol. The van der Waals surface area contributed by atoms with Crippen molar-refractivity contribution < 1.29 is 9.59 Å². The molecule has 0 atom stereocenters. The number of carbonyl (C=O) groups is 2. The smallest absolute Gasteiger partial charge is 0.255 e. The fraction of sp³-hybridized carbons (Fsp3) is 0.125. The molecule has 5 heteroatoms. The number of fused-ring (bicyclic) bond motifs is 4. The van der Waals surface area contributed by atoms with E-state index in [9.17, 15) is 9.59 Å². The van der Waals surface area contributed by atoms with E-state index < -0.39 is 0 Å². The molecule has 0 aliphatic heterocycles. The Morgan fingerprint density at radius 2 is 1.43 bits per heavy atom. The van der Waals surface area contributed by atoms with Gasteiger partial charge in [-0.2, -0.15) is 0 Å². The van der Waals surface area contributed by atoms with Crippen LogP contribution in [0.15, 0.2) is 78.9 Å². The van der Waals surface area contributed by atoms with Crippen molar-refractivity contribution in [1.82, 2.24) is 0 Å². The van der Waals surface area contributed by atoms with E-state index in [1.54, 1.807) is 42.5 Å². The van der Waals surface area contributed by atoms with Crippen LogP contribution in [0.4, 0.5) is 5.69 Å². The molecule has 6 rings (SSSR count). The van der Waals surface area contributed by atoms with Crippen LogP contribution in [0, 0.1) is 10.4 Å². The molecule has 182 valence electrons. The number of carbonyl (C=O) groups excluding carboxylic acids is 2. The van der Waals surface area contributed by atoms with Gasteiger partial charge in [0.15, 0.2) is 5.78 Å². The number of amides is 1. The molecule has 0 heterocycles. The number of nitrogens with one attached hydrogen (secondary N) is 1. The van der Waals surface area contributed by atoms with Gasteiger partial charge >= 0.3 is 0 Å². The summed E-state index contributed by atoms with van der Waals surface area (Å²) in [5, 5.41) is 8.54. The third kappa shape index (κ3) is 4.50. The Hall–Kier alpha value is -3.66. The second-order valence-corrected chi connectivity index (χ2v) is 10.3. The predicted molar refractivity (Wildman–Crippen MR) is 150 cm³/mol. The van der Waals surface area contributed by atoms with Crippen LogP contribution in [0.3, 0.4) is 0 Å². The summed E-state index contributed by atoms with van der Waals surface area (Å²) in [7, 11) is 0. The van der Waals surface area contributed by atoms with Crippen LogP contribution >= 0.6 is 23.2 Å². The first-order valence-corrected chi connectivity index (χ1v) is 13.1. The minimum absolute atomic E-state index is 0.0422. The second kappa shape index (κ2) is 9.66. The summed E-state index contributed by atoms with van der Waals surface area (Å²) in [4.78, 5) is 26.2. The van der Waals surface area contributed by atoms with E-state index >= 15 is 0 Å². The first kappa shape index (κ1) is 23.7. The molecule has 2 aliphatic carbocycles. The van der Waals surface area contributed by atoms with Gasteiger partial charge in [-0.3, -0.25) is 9.59 Å². The van der Waals surface area contributed by atoms with Gasteiger partial charge in [0.25, 0.3) is 5.91 Å². The van der Waals surface area contributed by atoms with E-state index in [0.29, 0.717) is 26.9 Å². The maximum absolute atomic E-state index is 13.6. The van der Waals surface area contributed by atoms with Gasteiger partial charge < -0.3 is 5.32 Å². The quantitative estimate of drug-likeness (QED) is 0.322. The van der Waals surface area contributed by atoms with Gasteiger partial charge in [0, 0.05) is 32.4 Å². The van der Waals surface area contributed by atoms with E-state index in [1.165, 1.54) is 26.8 Å². The largest absolute Gasteiger partial charge is 0.322 e. The normalized spacial score (nSPS) is 13.6. The van der Waals surface area contributed by atoms with Crippen molar-refractivity contribution in [3.8, 4) is 0 Å². The van der Waals surface area contributed by atoms with Crippen molar-refractivity contribution in [2.45, 2.75) is 25.7 Å². The monoisotopic (exact) mass is 523 g/mol. The molecule has 0 fully saturated rings. The Kier molecular flexibility index (Phi) is 6.19. The molecule has 0 aromatic heterocycles. The van der Waals surface area contributed by atoms with Gasteiger partial charge in [0.1, 0.15) is 0 Å². The minimum Gasteiger partial charge on any atom is -0.322 e. The summed E-state index contributed by atoms with van der Waals surface area (Å²) in [6.45, 7) is 0. The molecule has 0 saturated heterocycles. The SMILES string of the molecule is O=C(Nc1ccc(C(=O)C2=c3ccc4c(c3CCC2)CC=c2ccccc2=4)cc1)c1cc(Cl)cc(Cl)c1. The minimum atomic E-state index is -0.317. The summed E-state index contributed by atoms with van der Waals surface area (Å²) in [5.41, 5.74) is 5.10. The zero-order valence-electron chi connectivity index (χ0n) is 20.0. The van der Waals surface area contributed by atoms with E-state index in [4.69, 9.17) is 23.2 Å². The van der Waals surface area contributed by atoms with Gasteiger partial charge in [0.05, 0.1) is 0 Å². The lowest BCUT2D eigenvalue weighted by Crippen LogP contribution is -2.25. The molecule has 3 nitrogen and oxygen atoms in total. The Bertz CT molecular complexity index is 1790. The van der Waals surface area contributed by atoms with Crippen molar-refractivity contribution in [1.29, 1.82) is 0 Å². The number of Topliss-reactive ketones (excluding diaryl/α,β-unsaturated/α-hetero) is 1. The number of halogens is 2. The van der Waals surface area contributed by atoms with Crippen LogP contribution in [-0.2, 0) is 12.8 Å². The average Bonchev–Trinajstić information content (AvgIpc) is 2.91. The molecule has 1 amide bonds. The molecule has 0 spiro atoms. The van der Waals surface area contributed by atoms with E-state index in [1.807, 2.05) is 0 Å². The summed E-state index contributed by atoms with van der Waals surface area (Å²) in [6, 6.07) is 24.6. The number of anilines is 1. The van der Waals surface area contributed by atoms with Crippen LogP contribution in [0.25, 0.3) is 11.6 Å². The lowest BCUT2D eigenvalue weighted by Gasteiger charge is -2.20. The molecule has 1 N–H and O–H groups in total.